The molecule has 5 rings (SSSR count). The van der Waals surface area contributed by atoms with Crippen LogP contribution in [0.25, 0.3) is 11.1 Å². The highest BCUT2D eigenvalue weighted by atomic mass is 16.1. The standard InChI is InChI=1S/C28H21NO2/c1-18(30)19-10-14-21(15-11-19)28(22-16-12-20(13-17-22)27(29)31)25-8-4-2-6-23(25)24-7-3-5-9-26(24)28/h2-17H,1H3,(H2,29,31). The number of ketones is 1. The Labute approximate surface area is 181 Å². The van der Waals surface area contributed by atoms with Crippen LogP contribution in [0.3, 0.4) is 0 Å². The maximum absolute atomic E-state index is 11.9. The Morgan fingerprint density at radius 2 is 1.03 bits per heavy atom. The van der Waals surface area contributed by atoms with Crippen LogP contribution in [0.15, 0.2) is 97.1 Å². The lowest BCUT2D eigenvalue weighted by atomic mass is 9.67. The quantitative estimate of drug-likeness (QED) is 0.411. The topological polar surface area (TPSA) is 60.2 Å². The van der Waals surface area contributed by atoms with Crippen LogP contribution in [0.1, 0.15) is 49.9 Å². The molecular formula is C28H21NO2. The Bertz CT molecular complexity index is 1210. The Hall–Kier alpha value is -3.98. The smallest absolute Gasteiger partial charge is 0.248 e. The van der Waals surface area contributed by atoms with Gasteiger partial charge in [0.25, 0.3) is 0 Å². The van der Waals surface area contributed by atoms with Crippen molar-refractivity contribution in [3.8, 4) is 11.1 Å². The number of benzene rings is 4. The van der Waals surface area contributed by atoms with E-state index in [9.17, 15) is 9.59 Å². The van der Waals surface area contributed by atoms with Crippen molar-refractivity contribution in [1.29, 1.82) is 0 Å². The Morgan fingerprint density at radius 3 is 1.45 bits per heavy atom. The summed E-state index contributed by atoms with van der Waals surface area (Å²) in [5.41, 5.74) is 12.9. The molecule has 4 aromatic rings. The van der Waals surface area contributed by atoms with E-state index in [1.807, 2.05) is 36.4 Å². The lowest BCUT2D eigenvalue weighted by Crippen LogP contribution is -2.28. The van der Waals surface area contributed by atoms with Crippen molar-refractivity contribution in [2.75, 3.05) is 0 Å². The first-order valence-electron chi connectivity index (χ1n) is 10.2. The molecule has 150 valence electrons. The van der Waals surface area contributed by atoms with E-state index in [1.165, 1.54) is 22.3 Å². The van der Waals surface area contributed by atoms with Crippen LogP contribution in [0.4, 0.5) is 0 Å². The molecule has 0 fully saturated rings. The normalized spacial score (nSPS) is 13.3. The van der Waals surface area contributed by atoms with E-state index in [2.05, 4.69) is 48.5 Å². The third-order valence-electron chi connectivity index (χ3n) is 6.28. The van der Waals surface area contributed by atoms with Gasteiger partial charge in [0.1, 0.15) is 0 Å². The van der Waals surface area contributed by atoms with Gasteiger partial charge in [-0.25, -0.2) is 0 Å². The van der Waals surface area contributed by atoms with E-state index in [-0.39, 0.29) is 5.78 Å². The lowest BCUT2D eigenvalue weighted by Gasteiger charge is -2.34. The Balaban J connectivity index is 1.86. The molecule has 0 radical (unpaired) electrons. The molecule has 0 aromatic heterocycles. The number of rotatable bonds is 4. The number of carbonyl (C=O) groups is 2. The fraction of sp³-hybridized carbons (Fsp3) is 0.0714. The second kappa shape index (κ2) is 7.06. The van der Waals surface area contributed by atoms with Crippen molar-refractivity contribution in [3.63, 3.8) is 0 Å². The monoisotopic (exact) mass is 403 g/mol. The first-order chi connectivity index (χ1) is 15.0. The predicted octanol–water partition coefficient (Wildman–Crippen LogP) is 5.35. The molecule has 1 aliphatic carbocycles. The average molecular weight is 403 g/mol. The van der Waals surface area contributed by atoms with E-state index < -0.39 is 11.3 Å². The zero-order valence-electron chi connectivity index (χ0n) is 17.1. The summed E-state index contributed by atoms with van der Waals surface area (Å²) in [4.78, 5) is 23.6. The molecule has 31 heavy (non-hydrogen) atoms. The third-order valence-corrected chi connectivity index (χ3v) is 6.28. The molecule has 0 saturated carbocycles. The van der Waals surface area contributed by atoms with Gasteiger partial charge in [0.2, 0.25) is 5.91 Å². The number of nitrogens with two attached hydrogens (primary N) is 1. The van der Waals surface area contributed by atoms with E-state index in [0.29, 0.717) is 11.1 Å². The summed E-state index contributed by atoms with van der Waals surface area (Å²) >= 11 is 0. The van der Waals surface area contributed by atoms with Gasteiger partial charge < -0.3 is 5.73 Å². The maximum atomic E-state index is 11.9. The zero-order chi connectivity index (χ0) is 21.6. The van der Waals surface area contributed by atoms with E-state index in [0.717, 1.165) is 11.1 Å². The molecule has 2 N–H and O–H groups in total. The molecule has 1 aliphatic rings. The van der Waals surface area contributed by atoms with Gasteiger partial charge in [-0.2, -0.15) is 0 Å². The van der Waals surface area contributed by atoms with Gasteiger partial charge in [-0.15, -0.1) is 0 Å². The Kier molecular flexibility index (Phi) is 4.33. The average Bonchev–Trinajstić information content (AvgIpc) is 3.11. The molecule has 0 heterocycles. The van der Waals surface area contributed by atoms with E-state index in [1.54, 1.807) is 19.1 Å². The van der Waals surface area contributed by atoms with Crippen LogP contribution in [0, 0.1) is 0 Å². The first-order valence-corrected chi connectivity index (χ1v) is 10.2. The fourth-order valence-electron chi connectivity index (χ4n) is 4.86. The van der Waals surface area contributed by atoms with Crippen molar-refractivity contribution in [3.05, 3.63) is 130 Å². The van der Waals surface area contributed by atoms with Gasteiger partial charge in [0, 0.05) is 11.1 Å². The minimum atomic E-state index is -0.557. The van der Waals surface area contributed by atoms with Crippen molar-refractivity contribution >= 4 is 11.7 Å². The van der Waals surface area contributed by atoms with Crippen molar-refractivity contribution < 1.29 is 9.59 Å². The summed E-state index contributed by atoms with van der Waals surface area (Å²) in [5.74, 6) is -0.405. The Morgan fingerprint density at radius 1 is 0.613 bits per heavy atom. The zero-order valence-corrected chi connectivity index (χ0v) is 17.1. The van der Waals surface area contributed by atoms with Crippen molar-refractivity contribution in [2.24, 2.45) is 5.73 Å². The van der Waals surface area contributed by atoms with E-state index in [4.69, 9.17) is 5.73 Å². The van der Waals surface area contributed by atoms with E-state index >= 15 is 0 Å². The second-order valence-corrected chi connectivity index (χ2v) is 7.92. The highest BCUT2D eigenvalue weighted by molar-refractivity contribution is 5.95. The van der Waals surface area contributed by atoms with Crippen molar-refractivity contribution in [2.45, 2.75) is 12.3 Å². The van der Waals surface area contributed by atoms with Gasteiger partial charge in [0.15, 0.2) is 5.78 Å². The van der Waals surface area contributed by atoms with Crippen LogP contribution in [-0.4, -0.2) is 11.7 Å². The summed E-state index contributed by atoms with van der Waals surface area (Å²) in [6.45, 7) is 1.58. The van der Waals surface area contributed by atoms with Crippen LogP contribution in [-0.2, 0) is 5.41 Å². The predicted molar refractivity (Wildman–Crippen MR) is 122 cm³/mol. The first kappa shape index (κ1) is 19.0. The molecule has 0 bridgehead atoms. The lowest BCUT2D eigenvalue weighted by molar-refractivity contribution is 0.0996. The van der Waals surface area contributed by atoms with Crippen LogP contribution in [0.2, 0.25) is 0 Å². The summed E-state index contributed by atoms with van der Waals surface area (Å²) < 4.78 is 0. The second-order valence-electron chi connectivity index (χ2n) is 7.92. The van der Waals surface area contributed by atoms with Gasteiger partial charge in [-0.1, -0.05) is 84.9 Å². The van der Waals surface area contributed by atoms with Crippen LogP contribution < -0.4 is 5.73 Å². The molecule has 3 heteroatoms. The van der Waals surface area contributed by atoms with Crippen molar-refractivity contribution in [1.82, 2.24) is 0 Å². The SMILES string of the molecule is CC(=O)c1ccc(C2(c3ccc(C(N)=O)cc3)c3ccccc3-c3ccccc32)cc1. The number of hydrogen-bond donors (Lipinski definition) is 1. The molecule has 0 spiro atoms. The maximum Gasteiger partial charge on any atom is 0.248 e. The molecule has 0 aliphatic heterocycles. The highest BCUT2D eigenvalue weighted by Crippen LogP contribution is 2.55. The van der Waals surface area contributed by atoms with Crippen LogP contribution >= 0.6 is 0 Å². The summed E-state index contributed by atoms with van der Waals surface area (Å²) in [6.07, 6.45) is 0. The minimum absolute atomic E-state index is 0.0404. The molecule has 4 aromatic carbocycles. The fourth-order valence-corrected chi connectivity index (χ4v) is 4.86. The number of amides is 1. The molecule has 3 nitrogen and oxygen atoms in total. The number of Topliss-reactive ketones (excluding diaryl/α,β-unsaturated/α-hetero) is 1. The summed E-state index contributed by atoms with van der Waals surface area (Å²) in [5, 5.41) is 0. The summed E-state index contributed by atoms with van der Waals surface area (Å²) in [6, 6.07) is 32.2. The van der Waals surface area contributed by atoms with Crippen LogP contribution in [0.5, 0.6) is 0 Å². The van der Waals surface area contributed by atoms with Gasteiger partial charge >= 0.3 is 0 Å². The number of primary amides is 1. The number of hydrogen-bond acceptors (Lipinski definition) is 2. The molecule has 0 unspecified atom stereocenters. The summed E-state index contributed by atoms with van der Waals surface area (Å²) in [7, 11) is 0. The minimum Gasteiger partial charge on any atom is -0.366 e. The third kappa shape index (κ3) is 2.74. The molecule has 1 amide bonds. The molecule has 0 atom stereocenters. The van der Waals surface area contributed by atoms with Gasteiger partial charge in [0.05, 0.1) is 5.41 Å². The highest BCUT2D eigenvalue weighted by Gasteiger charge is 2.45. The molecule has 0 saturated heterocycles. The van der Waals surface area contributed by atoms with Gasteiger partial charge in [-0.3, -0.25) is 9.59 Å². The number of carbonyl (C=O) groups excluding carboxylic acids is 2. The number of fused-ring (bicyclic) bond motifs is 3. The molecular weight excluding hydrogens is 382 g/mol. The van der Waals surface area contributed by atoms with Gasteiger partial charge in [-0.05, 0) is 52.4 Å². The largest absolute Gasteiger partial charge is 0.366 e.